The highest BCUT2D eigenvalue weighted by molar-refractivity contribution is 7.98. The third kappa shape index (κ3) is 5.43. The molecule has 1 aliphatic carbocycles. The Kier molecular flexibility index (Phi) is 8.89. The predicted octanol–water partition coefficient (Wildman–Crippen LogP) is 3.32. The van der Waals surface area contributed by atoms with Gasteiger partial charge in [0.1, 0.15) is 0 Å². The van der Waals surface area contributed by atoms with Gasteiger partial charge in [-0.05, 0) is 42.7 Å². The third-order valence-corrected chi connectivity index (χ3v) is 5.59. The van der Waals surface area contributed by atoms with E-state index in [9.17, 15) is 4.79 Å². The highest BCUT2D eigenvalue weighted by Gasteiger charge is 2.27. The van der Waals surface area contributed by atoms with Crippen molar-refractivity contribution in [2.24, 2.45) is 11.7 Å². The Morgan fingerprint density at radius 2 is 1.92 bits per heavy atom. The molecule has 2 N–H and O–H groups in total. The van der Waals surface area contributed by atoms with Gasteiger partial charge in [-0.2, -0.15) is 0 Å². The van der Waals surface area contributed by atoms with Crippen LogP contribution in [0, 0.1) is 5.92 Å². The molecule has 0 heterocycles. The van der Waals surface area contributed by atoms with Crippen molar-refractivity contribution in [2.75, 3.05) is 27.5 Å². The van der Waals surface area contributed by atoms with E-state index in [0.717, 1.165) is 29.7 Å². The minimum absolute atomic E-state index is 0. The van der Waals surface area contributed by atoms with Crippen molar-refractivity contribution in [3.05, 3.63) is 17.7 Å². The third-order valence-electron chi connectivity index (χ3n) is 4.77. The number of hydrogen-bond acceptors (Lipinski definition) is 5. The number of benzene rings is 1. The molecule has 7 heteroatoms. The summed E-state index contributed by atoms with van der Waals surface area (Å²) < 4.78 is 10.7. The fourth-order valence-corrected chi connectivity index (χ4v) is 3.87. The number of nitrogens with zero attached hydrogens (tertiary/aromatic N) is 1. The van der Waals surface area contributed by atoms with Crippen LogP contribution in [0.15, 0.2) is 17.0 Å². The molecule has 1 aromatic carbocycles. The molecule has 5 nitrogen and oxygen atoms in total. The molecule has 1 aromatic rings. The largest absolute Gasteiger partial charge is 0.493 e. The van der Waals surface area contributed by atoms with Gasteiger partial charge in [0.05, 0.1) is 14.2 Å². The summed E-state index contributed by atoms with van der Waals surface area (Å²) in [6.07, 6.45) is 5.79. The minimum atomic E-state index is 0. The smallest absolute Gasteiger partial charge is 0.222 e. The van der Waals surface area contributed by atoms with Crippen LogP contribution in [0.25, 0.3) is 0 Å². The predicted molar refractivity (Wildman–Crippen MR) is 105 cm³/mol. The van der Waals surface area contributed by atoms with E-state index >= 15 is 0 Å². The summed E-state index contributed by atoms with van der Waals surface area (Å²) in [5.74, 6) is 1.87. The number of carbonyl (C=O) groups is 1. The summed E-state index contributed by atoms with van der Waals surface area (Å²) in [6, 6.07) is 4.09. The number of methoxy groups -OCH3 is 2. The van der Waals surface area contributed by atoms with E-state index in [1.54, 1.807) is 30.9 Å². The molecule has 2 rings (SSSR count). The lowest BCUT2D eigenvalue weighted by molar-refractivity contribution is -0.131. The van der Waals surface area contributed by atoms with Gasteiger partial charge < -0.3 is 20.1 Å². The van der Waals surface area contributed by atoms with Crippen LogP contribution >= 0.6 is 24.2 Å². The van der Waals surface area contributed by atoms with E-state index in [1.807, 2.05) is 25.4 Å². The average molecular weight is 389 g/mol. The molecule has 1 fully saturated rings. The van der Waals surface area contributed by atoms with E-state index in [2.05, 4.69) is 0 Å². The Morgan fingerprint density at radius 3 is 2.44 bits per heavy atom. The number of nitrogens with two attached hydrogens (primary N) is 1. The summed E-state index contributed by atoms with van der Waals surface area (Å²) in [4.78, 5) is 15.4. The monoisotopic (exact) mass is 388 g/mol. The Labute approximate surface area is 161 Å². The second kappa shape index (κ2) is 10.1. The molecule has 142 valence electrons. The highest BCUT2D eigenvalue weighted by atomic mass is 35.5. The zero-order valence-corrected chi connectivity index (χ0v) is 17.0. The second-order valence-corrected chi connectivity index (χ2v) is 7.18. The van der Waals surface area contributed by atoms with Gasteiger partial charge in [0, 0.05) is 31.0 Å². The zero-order chi connectivity index (χ0) is 17.7. The van der Waals surface area contributed by atoms with E-state index in [1.165, 1.54) is 0 Å². The fraction of sp³-hybridized carbons (Fsp3) is 0.611. The standard InChI is InChI=1S/C18H28N2O3S.ClH/c1-20(18(21)9-12-6-5-7-14(12)19)11-13-8-15(22-2)16(23-3)10-17(13)24-4;/h8,10,12,14H,5-7,9,11,19H2,1-4H3;1H/t12-,14+;/m0./s1. The van der Waals surface area contributed by atoms with Crippen LogP contribution in [0.3, 0.4) is 0 Å². The van der Waals surface area contributed by atoms with Crippen molar-refractivity contribution in [3.63, 3.8) is 0 Å². The Morgan fingerprint density at radius 1 is 1.28 bits per heavy atom. The van der Waals surface area contributed by atoms with Gasteiger partial charge in [-0.15, -0.1) is 24.2 Å². The molecule has 1 aliphatic rings. The summed E-state index contributed by atoms with van der Waals surface area (Å²) in [5.41, 5.74) is 7.15. The Balaban J connectivity index is 0.00000312. The van der Waals surface area contributed by atoms with Crippen molar-refractivity contribution in [1.82, 2.24) is 4.90 Å². The molecule has 1 amide bonds. The van der Waals surface area contributed by atoms with E-state index in [4.69, 9.17) is 15.2 Å². The average Bonchev–Trinajstić information content (AvgIpc) is 2.99. The SMILES string of the molecule is COc1cc(CN(C)C(=O)C[C@@H]2CCC[C@H]2N)c(SC)cc1OC.Cl. The summed E-state index contributed by atoms with van der Waals surface area (Å²) in [6.45, 7) is 0.553. The quantitative estimate of drug-likeness (QED) is 0.726. The van der Waals surface area contributed by atoms with Crippen LogP contribution in [-0.2, 0) is 11.3 Å². The molecule has 0 saturated heterocycles. The molecule has 0 unspecified atom stereocenters. The highest BCUT2D eigenvalue weighted by Crippen LogP contribution is 2.35. The molecule has 0 radical (unpaired) electrons. The molecule has 0 bridgehead atoms. The van der Waals surface area contributed by atoms with E-state index in [-0.39, 0.29) is 24.4 Å². The first-order valence-corrected chi connectivity index (χ1v) is 9.51. The number of rotatable bonds is 7. The Bertz CT molecular complexity index is 586. The van der Waals surface area contributed by atoms with E-state index < -0.39 is 0 Å². The van der Waals surface area contributed by atoms with Crippen LogP contribution < -0.4 is 15.2 Å². The maximum atomic E-state index is 12.5. The summed E-state index contributed by atoms with van der Waals surface area (Å²) in [7, 11) is 5.10. The number of halogens is 1. The maximum absolute atomic E-state index is 12.5. The lowest BCUT2D eigenvalue weighted by Crippen LogP contribution is -2.32. The van der Waals surface area contributed by atoms with Crippen molar-refractivity contribution >= 4 is 30.1 Å². The summed E-state index contributed by atoms with van der Waals surface area (Å²) >= 11 is 1.64. The van der Waals surface area contributed by atoms with Crippen LogP contribution in [0.2, 0.25) is 0 Å². The molecule has 2 atom stereocenters. The fourth-order valence-electron chi connectivity index (χ4n) is 3.26. The minimum Gasteiger partial charge on any atom is -0.493 e. The van der Waals surface area contributed by atoms with Crippen LogP contribution in [0.4, 0.5) is 0 Å². The topological polar surface area (TPSA) is 64.8 Å². The van der Waals surface area contributed by atoms with Gasteiger partial charge >= 0.3 is 0 Å². The van der Waals surface area contributed by atoms with Gasteiger partial charge in [0.2, 0.25) is 5.91 Å². The van der Waals surface area contributed by atoms with Crippen LogP contribution in [-0.4, -0.2) is 44.4 Å². The van der Waals surface area contributed by atoms with Crippen molar-refractivity contribution in [2.45, 2.75) is 43.2 Å². The van der Waals surface area contributed by atoms with Gasteiger partial charge in [0.25, 0.3) is 0 Å². The molecular weight excluding hydrogens is 360 g/mol. The number of amides is 1. The van der Waals surface area contributed by atoms with Crippen molar-refractivity contribution < 1.29 is 14.3 Å². The number of hydrogen-bond donors (Lipinski definition) is 1. The van der Waals surface area contributed by atoms with Crippen LogP contribution in [0.5, 0.6) is 11.5 Å². The molecule has 0 aromatic heterocycles. The lowest BCUT2D eigenvalue weighted by Gasteiger charge is -2.23. The first-order chi connectivity index (χ1) is 11.5. The molecule has 1 saturated carbocycles. The van der Waals surface area contributed by atoms with Crippen LogP contribution in [0.1, 0.15) is 31.2 Å². The number of thioether (sulfide) groups is 1. The normalized spacial score (nSPS) is 19.2. The van der Waals surface area contributed by atoms with E-state index in [0.29, 0.717) is 30.4 Å². The molecule has 0 aliphatic heterocycles. The van der Waals surface area contributed by atoms with Gasteiger partial charge in [-0.25, -0.2) is 0 Å². The van der Waals surface area contributed by atoms with Crippen molar-refractivity contribution in [1.29, 1.82) is 0 Å². The van der Waals surface area contributed by atoms with Gasteiger partial charge in [-0.1, -0.05) is 6.42 Å². The van der Waals surface area contributed by atoms with Crippen molar-refractivity contribution in [3.8, 4) is 11.5 Å². The summed E-state index contributed by atoms with van der Waals surface area (Å²) in [5, 5.41) is 0. The number of carbonyl (C=O) groups excluding carboxylic acids is 1. The van der Waals surface area contributed by atoms with Gasteiger partial charge in [-0.3, -0.25) is 4.79 Å². The maximum Gasteiger partial charge on any atom is 0.222 e. The second-order valence-electron chi connectivity index (χ2n) is 6.33. The van der Waals surface area contributed by atoms with Gasteiger partial charge in [0.15, 0.2) is 11.5 Å². The number of ether oxygens (including phenoxy) is 2. The zero-order valence-electron chi connectivity index (χ0n) is 15.4. The molecule has 0 spiro atoms. The Hall–Kier alpha value is -1.11. The first kappa shape index (κ1) is 21.9. The molecular formula is C18H29ClN2O3S. The first-order valence-electron chi connectivity index (χ1n) is 8.28. The lowest BCUT2D eigenvalue weighted by atomic mass is 9.99. The molecule has 25 heavy (non-hydrogen) atoms.